The highest BCUT2D eigenvalue weighted by Gasteiger charge is 2.25. The number of morpholine rings is 1. The lowest BCUT2D eigenvalue weighted by Crippen LogP contribution is -2.54. The zero-order chi connectivity index (χ0) is 21.5. The molecule has 0 aliphatic carbocycles. The van der Waals surface area contributed by atoms with E-state index in [0.29, 0.717) is 6.54 Å². The SMILES string of the molecule is CN=C(NCC(c1ccc(F)cc1)N1CCOCC1)N1CCN(c2ncccn2)CC1. The van der Waals surface area contributed by atoms with Crippen molar-refractivity contribution < 1.29 is 9.13 Å². The first-order valence-corrected chi connectivity index (χ1v) is 10.8. The first-order chi connectivity index (χ1) is 15.2. The van der Waals surface area contributed by atoms with E-state index in [4.69, 9.17) is 4.74 Å². The Hall–Kier alpha value is -2.78. The highest BCUT2D eigenvalue weighted by Crippen LogP contribution is 2.22. The van der Waals surface area contributed by atoms with Crippen LogP contribution in [-0.2, 0) is 4.74 Å². The Morgan fingerprint density at radius 1 is 1.06 bits per heavy atom. The Kier molecular flexibility index (Phi) is 7.26. The predicted octanol–water partition coefficient (Wildman–Crippen LogP) is 1.39. The van der Waals surface area contributed by atoms with Gasteiger partial charge in [0.1, 0.15) is 5.82 Å². The molecule has 2 fully saturated rings. The molecule has 0 bridgehead atoms. The lowest BCUT2D eigenvalue weighted by atomic mass is 10.0. The van der Waals surface area contributed by atoms with Crippen molar-refractivity contribution in [2.75, 3.05) is 71.0 Å². The predicted molar refractivity (Wildman–Crippen MR) is 119 cm³/mol. The molecule has 2 aliphatic heterocycles. The number of anilines is 1. The lowest BCUT2D eigenvalue weighted by Gasteiger charge is -2.38. The van der Waals surface area contributed by atoms with Crippen LogP contribution in [0.15, 0.2) is 47.7 Å². The number of benzene rings is 1. The van der Waals surface area contributed by atoms with Gasteiger partial charge in [-0.05, 0) is 23.8 Å². The number of nitrogens with zero attached hydrogens (tertiary/aromatic N) is 6. The summed E-state index contributed by atoms with van der Waals surface area (Å²) in [5.41, 5.74) is 1.09. The van der Waals surface area contributed by atoms with E-state index < -0.39 is 0 Å². The molecule has 4 rings (SSSR count). The summed E-state index contributed by atoms with van der Waals surface area (Å²) >= 11 is 0. The Bertz CT molecular complexity index is 835. The zero-order valence-electron chi connectivity index (χ0n) is 18.0. The zero-order valence-corrected chi connectivity index (χ0v) is 18.0. The van der Waals surface area contributed by atoms with E-state index in [1.807, 2.05) is 25.2 Å². The molecular weight excluding hydrogens is 397 g/mol. The number of aromatic nitrogens is 2. The van der Waals surface area contributed by atoms with Crippen molar-refractivity contribution in [3.63, 3.8) is 0 Å². The second-order valence-corrected chi connectivity index (χ2v) is 7.67. The summed E-state index contributed by atoms with van der Waals surface area (Å²) in [4.78, 5) is 20.1. The van der Waals surface area contributed by atoms with Gasteiger partial charge in [0.25, 0.3) is 0 Å². The molecule has 1 N–H and O–H groups in total. The van der Waals surface area contributed by atoms with Gasteiger partial charge in [-0.2, -0.15) is 0 Å². The third-order valence-corrected chi connectivity index (χ3v) is 5.82. The van der Waals surface area contributed by atoms with Crippen molar-refractivity contribution in [1.82, 2.24) is 25.1 Å². The number of hydrogen-bond acceptors (Lipinski definition) is 6. The smallest absolute Gasteiger partial charge is 0.225 e. The molecule has 3 heterocycles. The third kappa shape index (κ3) is 5.48. The molecule has 1 atom stereocenters. The van der Waals surface area contributed by atoms with E-state index in [1.165, 1.54) is 12.1 Å². The van der Waals surface area contributed by atoms with Crippen LogP contribution in [0.4, 0.5) is 10.3 Å². The molecule has 166 valence electrons. The summed E-state index contributed by atoms with van der Waals surface area (Å²) < 4.78 is 19.0. The van der Waals surface area contributed by atoms with Crippen LogP contribution in [-0.4, -0.2) is 91.8 Å². The molecule has 2 saturated heterocycles. The molecule has 0 amide bonds. The van der Waals surface area contributed by atoms with Crippen LogP contribution in [0.25, 0.3) is 0 Å². The van der Waals surface area contributed by atoms with Gasteiger partial charge in [0.05, 0.1) is 19.3 Å². The van der Waals surface area contributed by atoms with E-state index in [9.17, 15) is 4.39 Å². The van der Waals surface area contributed by atoms with Crippen LogP contribution in [0.1, 0.15) is 11.6 Å². The normalized spacial score (nSPS) is 19.4. The minimum absolute atomic E-state index is 0.125. The number of guanidine groups is 1. The monoisotopic (exact) mass is 427 g/mol. The van der Waals surface area contributed by atoms with Gasteiger partial charge in [-0.3, -0.25) is 9.89 Å². The fourth-order valence-electron chi connectivity index (χ4n) is 4.12. The molecule has 1 unspecified atom stereocenters. The van der Waals surface area contributed by atoms with E-state index in [0.717, 1.165) is 70.0 Å². The summed E-state index contributed by atoms with van der Waals surface area (Å²) in [6.45, 7) is 7.22. The van der Waals surface area contributed by atoms with Crippen molar-refractivity contribution in [2.24, 2.45) is 4.99 Å². The maximum atomic E-state index is 13.5. The standard InChI is InChI=1S/C22H30FN7O/c1-24-21(29-9-11-30(12-10-29)22-25-7-2-8-26-22)27-17-20(28-13-15-31-16-14-28)18-3-5-19(23)6-4-18/h2-8,20H,9-17H2,1H3,(H,24,27). The van der Waals surface area contributed by atoms with Crippen molar-refractivity contribution in [1.29, 1.82) is 0 Å². The van der Waals surface area contributed by atoms with Crippen molar-refractivity contribution in [2.45, 2.75) is 6.04 Å². The number of aliphatic imine (C=N–C) groups is 1. The highest BCUT2D eigenvalue weighted by atomic mass is 19.1. The number of piperazine rings is 1. The van der Waals surface area contributed by atoms with Gasteiger partial charge in [-0.1, -0.05) is 12.1 Å². The molecular formula is C22H30FN7O. The summed E-state index contributed by atoms with van der Waals surface area (Å²) in [5.74, 6) is 1.44. The fourth-order valence-corrected chi connectivity index (χ4v) is 4.12. The van der Waals surface area contributed by atoms with Gasteiger partial charge in [0, 0.05) is 65.3 Å². The molecule has 0 saturated carbocycles. The van der Waals surface area contributed by atoms with Crippen molar-refractivity contribution >= 4 is 11.9 Å². The molecule has 0 spiro atoms. The van der Waals surface area contributed by atoms with Gasteiger partial charge in [0.2, 0.25) is 5.95 Å². The molecule has 31 heavy (non-hydrogen) atoms. The lowest BCUT2D eigenvalue weighted by molar-refractivity contribution is 0.0168. The minimum Gasteiger partial charge on any atom is -0.379 e. The average Bonchev–Trinajstić information content (AvgIpc) is 2.84. The summed E-state index contributed by atoms with van der Waals surface area (Å²) in [7, 11) is 1.82. The second-order valence-electron chi connectivity index (χ2n) is 7.67. The van der Waals surface area contributed by atoms with Gasteiger partial charge in [-0.15, -0.1) is 0 Å². The number of rotatable bonds is 5. The van der Waals surface area contributed by atoms with Gasteiger partial charge >= 0.3 is 0 Å². The molecule has 8 nitrogen and oxygen atoms in total. The summed E-state index contributed by atoms with van der Waals surface area (Å²) in [5, 5.41) is 3.55. The number of halogens is 1. The maximum absolute atomic E-state index is 13.5. The second kappa shape index (κ2) is 10.5. The fraction of sp³-hybridized carbons (Fsp3) is 0.500. The molecule has 1 aromatic carbocycles. The maximum Gasteiger partial charge on any atom is 0.225 e. The van der Waals surface area contributed by atoms with E-state index >= 15 is 0 Å². The molecule has 2 aromatic rings. The summed E-state index contributed by atoms with van der Waals surface area (Å²) in [6.07, 6.45) is 3.55. The van der Waals surface area contributed by atoms with E-state index in [2.05, 4.69) is 35.0 Å². The largest absolute Gasteiger partial charge is 0.379 e. The molecule has 0 radical (unpaired) electrons. The first-order valence-electron chi connectivity index (χ1n) is 10.8. The quantitative estimate of drug-likeness (QED) is 0.571. The van der Waals surface area contributed by atoms with Crippen LogP contribution in [0.2, 0.25) is 0 Å². The number of ether oxygens (including phenoxy) is 1. The topological polar surface area (TPSA) is 69.1 Å². The number of nitrogens with one attached hydrogen (secondary N) is 1. The van der Waals surface area contributed by atoms with Gasteiger partial charge < -0.3 is 19.9 Å². The van der Waals surface area contributed by atoms with Crippen LogP contribution >= 0.6 is 0 Å². The van der Waals surface area contributed by atoms with Gasteiger partial charge in [-0.25, -0.2) is 14.4 Å². The van der Waals surface area contributed by atoms with Crippen molar-refractivity contribution in [3.05, 3.63) is 54.1 Å². The Morgan fingerprint density at radius 2 is 1.74 bits per heavy atom. The number of hydrogen-bond donors (Lipinski definition) is 1. The first kappa shape index (κ1) is 21.5. The van der Waals surface area contributed by atoms with Crippen molar-refractivity contribution in [3.8, 4) is 0 Å². The molecule has 9 heteroatoms. The Labute approximate surface area is 182 Å². The van der Waals surface area contributed by atoms with Crippen LogP contribution < -0.4 is 10.2 Å². The summed E-state index contributed by atoms with van der Waals surface area (Å²) in [6, 6.07) is 8.76. The molecule has 2 aliphatic rings. The average molecular weight is 428 g/mol. The Morgan fingerprint density at radius 3 is 2.39 bits per heavy atom. The third-order valence-electron chi connectivity index (χ3n) is 5.82. The molecule has 1 aromatic heterocycles. The van der Waals surface area contributed by atoms with Crippen LogP contribution in [0, 0.1) is 5.82 Å². The van der Waals surface area contributed by atoms with Gasteiger partial charge in [0.15, 0.2) is 5.96 Å². The van der Waals surface area contributed by atoms with Crippen LogP contribution in [0.5, 0.6) is 0 Å². The highest BCUT2D eigenvalue weighted by molar-refractivity contribution is 5.80. The minimum atomic E-state index is -0.214. The van der Waals surface area contributed by atoms with E-state index in [1.54, 1.807) is 12.4 Å². The Balaban J connectivity index is 1.38. The van der Waals surface area contributed by atoms with E-state index in [-0.39, 0.29) is 11.9 Å². The van der Waals surface area contributed by atoms with Crippen LogP contribution in [0.3, 0.4) is 0 Å².